The number of amides is 1. The first kappa shape index (κ1) is 13.9. The summed E-state index contributed by atoms with van der Waals surface area (Å²) in [6.45, 7) is 5.13. The van der Waals surface area contributed by atoms with Gasteiger partial charge >= 0.3 is 0 Å². The molecule has 92 valence electrons. The molecule has 1 rings (SSSR count). The minimum atomic E-state index is -0.336. The summed E-state index contributed by atoms with van der Waals surface area (Å²) in [4.78, 5) is 13.4. The maximum atomic E-state index is 13.4. The zero-order chi connectivity index (χ0) is 12.8. The molecular weight excluding hydrogens is 285 g/mol. The normalized spacial score (nSPS) is 10.8. The Kier molecular flexibility index (Phi) is 5.35. The second kappa shape index (κ2) is 6.55. The minimum absolute atomic E-state index is 0.102. The molecule has 0 bridgehead atoms. The molecule has 0 fully saturated rings. The molecule has 0 spiro atoms. The Bertz CT molecular complexity index is 427. The third-order valence-electron chi connectivity index (χ3n) is 2.44. The quantitative estimate of drug-likeness (QED) is 0.780. The predicted octanol–water partition coefficient (Wildman–Crippen LogP) is 3.47. The molecule has 0 atom stereocenters. The summed E-state index contributed by atoms with van der Waals surface area (Å²) < 4.78 is 14.2. The molecule has 0 aromatic heterocycles. The Morgan fingerprint density at radius 2 is 2.06 bits per heavy atom. The van der Waals surface area contributed by atoms with Gasteiger partial charge in [0.05, 0.1) is 0 Å². The van der Waals surface area contributed by atoms with Crippen molar-refractivity contribution in [1.29, 1.82) is 0 Å². The number of likely N-dealkylation sites (N-methyl/N-ethyl adjacent to an activating group) is 1. The number of nitrogens with zero attached hydrogens (tertiary/aromatic N) is 1. The Hall–Kier alpha value is -1.16. The largest absolute Gasteiger partial charge is 0.340 e. The van der Waals surface area contributed by atoms with E-state index in [1.54, 1.807) is 17.0 Å². The fraction of sp³-hybridized carbons (Fsp3) is 0.308. The molecule has 0 radical (unpaired) electrons. The molecule has 0 saturated carbocycles. The molecule has 17 heavy (non-hydrogen) atoms. The average molecular weight is 300 g/mol. The lowest BCUT2D eigenvalue weighted by Gasteiger charge is -2.15. The van der Waals surface area contributed by atoms with E-state index < -0.39 is 0 Å². The van der Waals surface area contributed by atoms with Crippen LogP contribution in [0.2, 0.25) is 0 Å². The standard InChI is InChI=1S/C13H15BrFNO/c1-3-16(4-2)13(17)8-5-10-9-11(14)6-7-12(10)15/h5-9H,3-4H2,1-2H3. The highest BCUT2D eigenvalue weighted by molar-refractivity contribution is 9.10. The van der Waals surface area contributed by atoms with Crippen molar-refractivity contribution in [2.75, 3.05) is 13.1 Å². The van der Waals surface area contributed by atoms with Crippen LogP contribution in [0.5, 0.6) is 0 Å². The highest BCUT2D eigenvalue weighted by Crippen LogP contribution is 2.16. The lowest BCUT2D eigenvalue weighted by molar-refractivity contribution is -0.125. The molecule has 0 saturated heterocycles. The van der Waals surface area contributed by atoms with Gasteiger partial charge < -0.3 is 4.90 Å². The Balaban J connectivity index is 2.83. The topological polar surface area (TPSA) is 20.3 Å². The molecule has 1 amide bonds. The molecule has 0 aliphatic heterocycles. The summed E-state index contributed by atoms with van der Waals surface area (Å²) in [5.41, 5.74) is 0.403. The second-order valence-electron chi connectivity index (χ2n) is 3.51. The van der Waals surface area contributed by atoms with Crippen LogP contribution in [0.1, 0.15) is 19.4 Å². The molecule has 0 unspecified atom stereocenters. The van der Waals surface area contributed by atoms with E-state index in [1.165, 1.54) is 18.2 Å². The third-order valence-corrected chi connectivity index (χ3v) is 2.93. The van der Waals surface area contributed by atoms with Crippen molar-refractivity contribution in [1.82, 2.24) is 4.90 Å². The number of hydrogen-bond donors (Lipinski definition) is 0. The number of rotatable bonds is 4. The van der Waals surface area contributed by atoms with Crippen LogP contribution in [0.3, 0.4) is 0 Å². The summed E-state index contributed by atoms with van der Waals surface area (Å²) in [5.74, 6) is -0.439. The van der Waals surface area contributed by atoms with E-state index in [-0.39, 0.29) is 11.7 Å². The first-order chi connectivity index (χ1) is 8.08. The molecule has 1 aromatic carbocycles. The summed E-state index contributed by atoms with van der Waals surface area (Å²) in [6.07, 6.45) is 2.90. The fourth-order valence-corrected chi connectivity index (χ4v) is 1.82. The summed E-state index contributed by atoms with van der Waals surface area (Å²) in [6, 6.07) is 4.63. The van der Waals surface area contributed by atoms with Gasteiger partial charge in [0.25, 0.3) is 0 Å². The Labute approximate surface area is 109 Å². The van der Waals surface area contributed by atoms with E-state index in [0.29, 0.717) is 18.7 Å². The zero-order valence-corrected chi connectivity index (χ0v) is 11.5. The highest BCUT2D eigenvalue weighted by Gasteiger charge is 2.05. The first-order valence-corrected chi connectivity index (χ1v) is 6.29. The summed E-state index contributed by atoms with van der Waals surface area (Å²) in [5, 5.41) is 0. The molecule has 0 aliphatic carbocycles. The maximum Gasteiger partial charge on any atom is 0.246 e. The van der Waals surface area contributed by atoms with Crippen molar-refractivity contribution in [3.8, 4) is 0 Å². The molecule has 0 heterocycles. The number of halogens is 2. The van der Waals surface area contributed by atoms with Crippen molar-refractivity contribution in [2.45, 2.75) is 13.8 Å². The molecule has 1 aromatic rings. The van der Waals surface area contributed by atoms with Crippen molar-refractivity contribution < 1.29 is 9.18 Å². The van der Waals surface area contributed by atoms with Crippen molar-refractivity contribution in [2.24, 2.45) is 0 Å². The van der Waals surface area contributed by atoms with Crippen LogP contribution >= 0.6 is 15.9 Å². The zero-order valence-electron chi connectivity index (χ0n) is 9.91. The molecule has 2 nitrogen and oxygen atoms in total. The van der Waals surface area contributed by atoms with Gasteiger partial charge in [-0.15, -0.1) is 0 Å². The molecule has 0 aliphatic rings. The third kappa shape index (κ3) is 3.97. The highest BCUT2D eigenvalue weighted by atomic mass is 79.9. The van der Waals surface area contributed by atoms with E-state index in [9.17, 15) is 9.18 Å². The van der Waals surface area contributed by atoms with Crippen molar-refractivity contribution >= 4 is 27.9 Å². The van der Waals surface area contributed by atoms with Gasteiger partial charge in [0.1, 0.15) is 5.82 Å². The van der Waals surface area contributed by atoms with E-state index in [0.717, 1.165) is 4.47 Å². The van der Waals surface area contributed by atoms with Crippen LogP contribution in [0.25, 0.3) is 6.08 Å². The average Bonchev–Trinajstić information content (AvgIpc) is 2.32. The summed E-state index contributed by atoms with van der Waals surface area (Å²) >= 11 is 3.26. The van der Waals surface area contributed by atoms with Gasteiger partial charge in [-0.25, -0.2) is 4.39 Å². The Morgan fingerprint density at radius 1 is 1.41 bits per heavy atom. The van der Waals surface area contributed by atoms with Gasteiger partial charge in [-0.2, -0.15) is 0 Å². The van der Waals surface area contributed by atoms with Gasteiger partial charge in [-0.3, -0.25) is 4.79 Å². The molecule has 4 heteroatoms. The van der Waals surface area contributed by atoms with Gasteiger partial charge in [0.15, 0.2) is 0 Å². The lowest BCUT2D eigenvalue weighted by Crippen LogP contribution is -2.28. The number of benzene rings is 1. The van der Waals surface area contributed by atoms with Crippen molar-refractivity contribution in [3.63, 3.8) is 0 Å². The van der Waals surface area contributed by atoms with Crippen LogP contribution < -0.4 is 0 Å². The first-order valence-electron chi connectivity index (χ1n) is 5.50. The van der Waals surface area contributed by atoms with Gasteiger partial charge in [-0.1, -0.05) is 15.9 Å². The fourth-order valence-electron chi connectivity index (χ4n) is 1.44. The SMILES string of the molecule is CCN(CC)C(=O)C=Cc1cc(Br)ccc1F. The Morgan fingerprint density at radius 3 is 2.65 bits per heavy atom. The smallest absolute Gasteiger partial charge is 0.246 e. The lowest BCUT2D eigenvalue weighted by atomic mass is 10.2. The maximum absolute atomic E-state index is 13.4. The van der Waals surface area contributed by atoms with Crippen LogP contribution in [0, 0.1) is 5.82 Å². The van der Waals surface area contributed by atoms with Crippen LogP contribution in [-0.2, 0) is 4.79 Å². The second-order valence-corrected chi connectivity index (χ2v) is 4.43. The molecular formula is C13H15BrFNO. The van der Waals surface area contributed by atoms with Crippen molar-refractivity contribution in [3.05, 3.63) is 40.1 Å². The van der Waals surface area contributed by atoms with Gasteiger partial charge in [0, 0.05) is 29.2 Å². The number of carbonyl (C=O) groups excluding carboxylic acids is 1. The molecule has 0 N–H and O–H groups in total. The number of hydrogen-bond acceptors (Lipinski definition) is 1. The van der Waals surface area contributed by atoms with E-state index in [4.69, 9.17) is 0 Å². The van der Waals surface area contributed by atoms with Crippen LogP contribution in [0.15, 0.2) is 28.7 Å². The monoisotopic (exact) mass is 299 g/mol. The minimum Gasteiger partial charge on any atom is -0.340 e. The summed E-state index contributed by atoms with van der Waals surface area (Å²) in [7, 11) is 0. The van der Waals surface area contributed by atoms with Crippen LogP contribution in [0.4, 0.5) is 4.39 Å². The van der Waals surface area contributed by atoms with Gasteiger partial charge in [-0.05, 0) is 38.1 Å². The van der Waals surface area contributed by atoms with E-state index in [1.807, 2.05) is 13.8 Å². The van der Waals surface area contributed by atoms with E-state index >= 15 is 0 Å². The number of carbonyl (C=O) groups is 1. The predicted molar refractivity (Wildman–Crippen MR) is 71.1 cm³/mol. The van der Waals surface area contributed by atoms with Crippen LogP contribution in [-0.4, -0.2) is 23.9 Å². The van der Waals surface area contributed by atoms with Gasteiger partial charge in [0.2, 0.25) is 5.91 Å². The van der Waals surface area contributed by atoms with E-state index in [2.05, 4.69) is 15.9 Å².